The third kappa shape index (κ3) is 3.73. The molecule has 1 aromatic carbocycles. The van der Waals surface area contributed by atoms with E-state index < -0.39 is 40.9 Å². The number of alkyl halides is 3. The minimum absolute atomic E-state index is 0.377. The molecule has 108 valence electrons. The van der Waals surface area contributed by atoms with E-state index in [4.69, 9.17) is 10.2 Å². The van der Waals surface area contributed by atoms with Crippen molar-refractivity contribution >= 4 is 11.7 Å². The minimum Gasteiger partial charge on any atom is -0.502 e. The van der Waals surface area contributed by atoms with Crippen LogP contribution in [-0.4, -0.2) is 22.4 Å². The van der Waals surface area contributed by atoms with Crippen molar-refractivity contribution in [3.05, 3.63) is 41.3 Å². The van der Waals surface area contributed by atoms with Gasteiger partial charge in [-0.05, 0) is 12.1 Å². The standard InChI is InChI=1S/C10H5F5N2O3/c11-4-1-2-6(5(12)3-4)16-17-7(9(19)20)8(18)10(13,14)15/h1-3,18H,(H,19,20)/b8-7-,17-16?. The van der Waals surface area contributed by atoms with E-state index in [9.17, 15) is 26.7 Å². The lowest BCUT2D eigenvalue weighted by Crippen LogP contribution is -2.16. The highest BCUT2D eigenvalue weighted by molar-refractivity contribution is 5.86. The summed E-state index contributed by atoms with van der Waals surface area (Å²) in [6.07, 6.45) is -5.35. The predicted molar refractivity (Wildman–Crippen MR) is 54.2 cm³/mol. The number of nitrogens with zero attached hydrogens (tertiary/aromatic N) is 2. The maximum atomic E-state index is 13.1. The molecule has 1 aromatic rings. The van der Waals surface area contributed by atoms with Crippen molar-refractivity contribution in [1.29, 1.82) is 0 Å². The molecule has 2 N–H and O–H groups in total. The second-order valence-corrected chi connectivity index (χ2v) is 3.30. The van der Waals surface area contributed by atoms with Crippen LogP contribution in [0.15, 0.2) is 39.9 Å². The number of aliphatic hydroxyl groups excluding tert-OH is 1. The monoisotopic (exact) mass is 296 g/mol. The number of aliphatic hydroxyl groups is 1. The van der Waals surface area contributed by atoms with E-state index in [-0.39, 0.29) is 0 Å². The van der Waals surface area contributed by atoms with Crippen molar-refractivity contribution in [2.75, 3.05) is 0 Å². The van der Waals surface area contributed by atoms with Gasteiger partial charge in [0.15, 0.2) is 5.82 Å². The number of allylic oxidation sites excluding steroid dienone is 1. The van der Waals surface area contributed by atoms with Crippen LogP contribution in [0.3, 0.4) is 0 Å². The van der Waals surface area contributed by atoms with Gasteiger partial charge in [-0.1, -0.05) is 0 Å². The zero-order valence-corrected chi connectivity index (χ0v) is 9.32. The summed E-state index contributed by atoms with van der Waals surface area (Å²) >= 11 is 0. The lowest BCUT2D eigenvalue weighted by Gasteiger charge is -2.05. The number of carbonyl (C=O) groups is 1. The lowest BCUT2D eigenvalue weighted by molar-refractivity contribution is -0.138. The zero-order valence-electron chi connectivity index (χ0n) is 9.32. The molecule has 0 aliphatic heterocycles. The summed E-state index contributed by atoms with van der Waals surface area (Å²) in [5.41, 5.74) is -2.51. The van der Waals surface area contributed by atoms with Crippen molar-refractivity contribution in [3.8, 4) is 0 Å². The summed E-state index contributed by atoms with van der Waals surface area (Å²) in [5, 5.41) is 22.7. The molecule has 0 aliphatic rings. The number of hydrogen-bond donors (Lipinski definition) is 2. The molecule has 0 saturated heterocycles. The van der Waals surface area contributed by atoms with Crippen LogP contribution in [-0.2, 0) is 4.79 Å². The third-order valence-corrected chi connectivity index (χ3v) is 1.86. The Labute approximate surface area is 107 Å². The Balaban J connectivity index is 3.21. The molecule has 5 nitrogen and oxygen atoms in total. The molecule has 0 spiro atoms. The Morgan fingerprint density at radius 3 is 2.20 bits per heavy atom. The largest absolute Gasteiger partial charge is 0.502 e. The molecular weight excluding hydrogens is 291 g/mol. The maximum absolute atomic E-state index is 13.1. The molecule has 20 heavy (non-hydrogen) atoms. The van der Waals surface area contributed by atoms with Gasteiger partial charge in [-0.3, -0.25) is 0 Å². The molecule has 0 saturated carbocycles. The van der Waals surface area contributed by atoms with Gasteiger partial charge >= 0.3 is 12.1 Å². The number of rotatable bonds is 3. The molecular formula is C10H5F5N2O3. The van der Waals surface area contributed by atoms with E-state index in [0.29, 0.717) is 6.07 Å². The van der Waals surface area contributed by atoms with Crippen molar-refractivity contribution in [3.63, 3.8) is 0 Å². The van der Waals surface area contributed by atoms with E-state index >= 15 is 0 Å². The van der Waals surface area contributed by atoms with Crippen molar-refractivity contribution in [2.45, 2.75) is 6.18 Å². The second kappa shape index (κ2) is 5.63. The topological polar surface area (TPSA) is 82.2 Å². The van der Waals surface area contributed by atoms with E-state index in [1.807, 2.05) is 0 Å². The average Bonchev–Trinajstić information content (AvgIpc) is 2.30. The van der Waals surface area contributed by atoms with Crippen LogP contribution in [0.1, 0.15) is 0 Å². The molecule has 0 aliphatic carbocycles. The van der Waals surface area contributed by atoms with Gasteiger partial charge in [0.25, 0.3) is 0 Å². The highest BCUT2D eigenvalue weighted by atomic mass is 19.4. The van der Waals surface area contributed by atoms with Crippen LogP contribution in [0.25, 0.3) is 0 Å². The minimum atomic E-state index is -5.35. The number of carboxylic acids is 1. The highest BCUT2D eigenvalue weighted by Gasteiger charge is 2.39. The van der Waals surface area contributed by atoms with Crippen LogP contribution in [0.4, 0.5) is 27.6 Å². The summed E-state index contributed by atoms with van der Waals surface area (Å²) in [6.45, 7) is 0. The first kappa shape index (κ1) is 15.5. The van der Waals surface area contributed by atoms with Crippen LogP contribution < -0.4 is 0 Å². The summed E-state index contributed by atoms with van der Waals surface area (Å²) in [5.74, 6) is -6.93. The van der Waals surface area contributed by atoms with E-state index in [2.05, 4.69) is 10.2 Å². The fourth-order valence-corrected chi connectivity index (χ4v) is 0.992. The number of halogens is 5. The van der Waals surface area contributed by atoms with Gasteiger partial charge in [0.2, 0.25) is 11.5 Å². The van der Waals surface area contributed by atoms with Crippen LogP contribution >= 0.6 is 0 Å². The van der Waals surface area contributed by atoms with Crippen molar-refractivity contribution in [2.24, 2.45) is 10.2 Å². The molecule has 0 atom stereocenters. The molecule has 10 heteroatoms. The summed E-state index contributed by atoms with van der Waals surface area (Å²) < 4.78 is 62.0. The highest BCUT2D eigenvalue weighted by Crippen LogP contribution is 2.28. The fraction of sp³-hybridized carbons (Fsp3) is 0.100. The smallest absolute Gasteiger partial charge is 0.451 e. The predicted octanol–water partition coefficient (Wildman–Crippen LogP) is 3.47. The van der Waals surface area contributed by atoms with Gasteiger partial charge in [0, 0.05) is 6.07 Å². The first-order valence-electron chi connectivity index (χ1n) is 4.73. The van der Waals surface area contributed by atoms with Gasteiger partial charge in [-0.15, -0.1) is 10.2 Å². The molecule has 1 rings (SSSR count). The number of benzene rings is 1. The molecule has 0 radical (unpaired) electrons. The molecule has 0 heterocycles. The Hall–Kier alpha value is -2.52. The average molecular weight is 296 g/mol. The Kier molecular flexibility index (Phi) is 4.38. The number of carboxylic acid groups (broad SMARTS) is 1. The molecule has 0 amide bonds. The van der Waals surface area contributed by atoms with Crippen molar-refractivity contribution < 1.29 is 37.0 Å². The van der Waals surface area contributed by atoms with Gasteiger partial charge in [0.1, 0.15) is 11.5 Å². The van der Waals surface area contributed by atoms with Crippen LogP contribution in [0.2, 0.25) is 0 Å². The normalized spacial score (nSPS) is 13.4. The van der Waals surface area contributed by atoms with Crippen molar-refractivity contribution in [1.82, 2.24) is 0 Å². The molecule has 0 fully saturated rings. The second-order valence-electron chi connectivity index (χ2n) is 3.30. The van der Waals surface area contributed by atoms with Gasteiger partial charge < -0.3 is 10.2 Å². The third-order valence-electron chi connectivity index (χ3n) is 1.86. The summed E-state index contributed by atoms with van der Waals surface area (Å²) in [7, 11) is 0. The Bertz CT molecular complexity index is 595. The SMILES string of the molecule is O=C(O)/C(N=Nc1ccc(F)cc1F)=C(/O)C(F)(F)F. The summed E-state index contributed by atoms with van der Waals surface area (Å²) in [6, 6.07) is 1.85. The van der Waals surface area contributed by atoms with E-state index in [1.54, 1.807) is 0 Å². The zero-order chi connectivity index (χ0) is 15.5. The maximum Gasteiger partial charge on any atom is 0.451 e. The van der Waals surface area contributed by atoms with Crippen LogP contribution in [0, 0.1) is 11.6 Å². The van der Waals surface area contributed by atoms with E-state index in [1.165, 1.54) is 0 Å². The summed E-state index contributed by atoms with van der Waals surface area (Å²) in [4.78, 5) is 10.5. The molecule has 0 unspecified atom stereocenters. The fourth-order valence-electron chi connectivity index (χ4n) is 0.992. The lowest BCUT2D eigenvalue weighted by atomic mass is 10.3. The number of hydrogen-bond acceptors (Lipinski definition) is 4. The Morgan fingerprint density at radius 2 is 1.75 bits per heavy atom. The van der Waals surface area contributed by atoms with Gasteiger partial charge in [-0.25, -0.2) is 13.6 Å². The van der Waals surface area contributed by atoms with Gasteiger partial charge in [-0.2, -0.15) is 13.2 Å². The first-order chi connectivity index (χ1) is 9.12. The number of aliphatic carboxylic acids is 1. The van der Waals surface area contributed by atoms with E-state index in [0.717, 1.165) is 12.1 Å². The Morgan fingerprint density at radius 1 is 1.15 bits per heavy atom. The quantitative estimate of drug-likeness (QED) is 0.388. The number of azo groups is 1. The molecule has 0 aromatic heterocycles. The molecule has 0 bridgehead atoms. The van der Waals surface area contributed by atoms with Gasteiger partial charge in [0.05, 0.1) is 0 Å². The first-order valence-corrected chi connectivity index (χ1v) is 4.73. The van der Waals surface area contributed by atoms with Crippen LogP contribution in [0.5, 0.6) is 0 Å².